The van der Waals surface area contributed by atoms with E-state index in [9.17, 15) is 4.79 Å². The van der Waals surface area contributed by atoms with E-state index in [0.717, 1.165) is 5.56 Å². The van der Waals surface area contributed by atoms with Crippen LogP contribution in [0.15, 0.2) is 30.3 Å². The van der Waals surface area contributed by atoms with Crippen molar-refractivity contribution >= 4 is 40.8 Å². The van der Waals surface area contributed by atoms with Crippen molar-refractivity contribution in [1.82, 2.24) is 0 Å². The van der Waals surface area contributed by atoms with Crippen molar-refractivity contribution in [3.8, 4) is 11.5 Å². The van der Waals surface area contributed by atoms with Crippen LogP contribution in [0.3, 0.4) is 0 Å². The van der Waals surface area contributed by atoms with Crippen LogP contribution in [0.5, 0.6) is 11.5 Å². The second-order valence-electron chi connectivity index (χ2n) is 5.61. The lowest BCUT2D eigenvalue weighted by atomic mass is 10.1. The quantitative estimate of drug-likeness (QED) is 0.639. The number of benzene rings is 2. The molecule has 1 atom stereocenters. The van der Waals surface area contributed by atoms with E-state index in [-0.39, 0.29) is 13.4 Å². The molecule has 0 radical (unpaired) electrons. The van der Waals surface area contributed by atoms with E-state index in [4.69, 9.17) is 53.8 Å². The Hall–Kier alpha value is -1.66. The predicted molar refractivity (Wildman–Crippen MR) is 98.1 cm³/mol. The molecule has 0 amide bonds. The zero-order valence-electron chi connectivity index (χ0n) is 13.8. The lowest BCUT2D eigenvalue weighted by Gasteiger charge is -2.21. The fourth-order valence-corrected chi connectivity index (χ4v) is 3.16. The smallest absolute Gasteiger partial charge is 0.347 e. The number of esters is 1. The van der Waals surface area contributed by atoms with Gasteiger partial charge >= 0.3 is 5.97 Å². The Morgan fingerprint density at radius 1 is 1.19 bits per heavy atom. The van der Waals surface area contributed by atoms with Gasteiger partial charge in [-0.3, -0.25) is 0 Å². The van der Waals surface area contributed by atoms with Crippen LogP contribution >= 0.6 is 34.8 Å². The summed E-state index contributed by atoms with van der Waals surface area (Å²) in [4.78, 5) is 12.2. The Kier molecular flexibility index (Phi) is 6.14. The molecule has 2 aromatic carbocycles. The predicted octanol–water partition coefficient (Wildman–Crippen LogP) is 5.02. The Labute approximate surface area is 165 Å². The van der Waals surface area contributed by atoms with Crippen LogP contribution in [-0.2, 0) is 27.5 Å². The van der Waals surface area contributed by atoms with Gasteiger partial charge in [-0.1, -0.05) is 34.8 Å². The van der Waals surface area contributed by atoms with Crippen LogP contribution in [0.4, 0.5) is 0 Å². The van der Waals surface area contributed by atoms with Gasteiger partial charge in [0, 0.05) is 21.2 Å². The van der Waals surface area contributed by atoms with Gasteiger partial charge in [-0.25, -0.2) is 4.79 Å². The summed E-state index contributed by atoms with van der Waals surface area (Å²) in [7, 11) is 0. The molecule has 8 heteroatoms. The summed E-state index contributed by atoms with van der Waals surface area (Å²) >= 11 is 18.0. The first-order valence-electron chi connectivity index (χ1n) is 7.74. The fraction of sp³-hybridized carbons (Fsp3) is 0.278. The fourth-order valence-electron chi connectivity index (χ4n) is 2.44. The Bertz CT molecular complexity index is 825. The van der Waals surface area contributed by atoms with Gasteiger partial charge in [-0.05, 0) is 37.3 Å². The van der Waals surface area contributed by atoms with Gasteiger partial charge in [0.15, 0.2) is 12.9 Å². The summed E-state index contributed by atoms with van der Waals surface area (Å²) in [6, 6.07) is 8.21. The largest absolute Gasteiger partial charge is 0.477 e. The summed E-state index contributed by atoms with van der Waals surface area (Å²) in [6.07, 6.45) is -0.854. The van der Waals surface area contributed by atoms with E-state index in [0.29, 0.717) is 38.7 Å². The van der Waals surface area contributed by atoms with Gasteiger partial charge in [0.05, 0.1) is 11.6 Å². The number of hydrogen-bond donors (Lipinski definition) is 0. The molecule has 138 valence electrons. The van der Waals surface area contributed by atoms with E-state index >= 15 is 0 Å². The third-order valence-corrected chi connectivity index (χ3v) is 4.40. The maximum absolute atomic E-state index is 12.2. The van der Waals surface area contributed by atoms with Gasteiger partial charge in [0.2, 0.25) is 0 Å². The van der Waals surface area contributed by atoms with Crippen molar-refractivity contribution in [1.29, 1.82) is 0 Å². The molecule has 0 saturated carbocycles. The van der Waals surface area contributed by atoms with Crippen LogP contribution < -0.4 is 9.47 Å². The van der Waals surface area contributed by atoms with Gasteiger partial charge in [-0.15, -0.1) is 0 Å². The number of rotatable bonds is 5. The van der Waals surface area contributed by atoms with Crippen LogP contribution in [0.1, 0.15) is 18.1 Å². The number of hydrogen-bond acceptors (Lipinski definition) is 5. The number of ether oxygens (including phenoxy) is 4. The second kappa shape index (κ2) is 8.35. The molecule has 0 spiro atoms. The maximum Gasteiger partial charge on any atom is 0.347 e. The topological polar surface area (TPSA) is 54.0 Å². The van der Waals surface area contributed by atoms with Gasteiger partial charge in [-0.2, -0.15) is 0 Å². The number of carbonyl (C=O) groups is 1. The van der Waals surface area contributed by atoms with Crippen molar-refractivity contribution < 1.29 is 23.7 Å². The molecule has 1 heterocycles. The minimum atomic E-state index is -0.854. The summed E-state index contributed by atoms with van der Waals surface area (Å²) in [5.41, 5.74) is 1.48. The molecule has 1 unspecified atom stereocenters. The standard InChI is InChI=1S/C18H15Cl3O5/c1-10(26-16-3-2-13(19)6-15(16)21)18(22)24-8-12-5-14(20)4-11-7-23-9-25-17(11)12/h2-6,10H,7-9H2,1H3. The first-order valence-corrected chi connectivity index (χ1v) is 8.87. The minimum Gasteiger partial charge on any atom is -0.477 e. The Morgan fingerprint density at radius 3 is 2.77 bits per heavy atom. The molecule has 0 saturated heterocycles. The van der Waals surface area contributed by atoms with Gasteiger partial charge < -0.3 is 18.9 Å². The minimum absolute atomic E-state index is 0.00375. The maximum atomic E-state index is 12.2. The monoisotopic (exact) mass is 416 g/mol. The highest BCUT2D eigenvalue weighted by atomic mass is 35.5. The molecule has 0 bridgehead atoms. The van der Waals surface area contributed by atoms with Gasteiger partial charge in [0.1, 0.15) is 18.1 Å². The molecule has 1 aliphatic heterocycles. The normalized spacial score (nSPS) is 14.2. The highest BCUT2D eigenvalue weighted by Gasteiger charge is 2.21. The van der Waals surface area contributed by atoms with Crippen molar-refractivity contribution in [3.63, 3.8) is 0 Å². The molecular weight excluding hydrogens is 403 g/mol. The molecule has 3 rings (SSSR count). The molecule has 0 fully saturated rings. The van der Waals surface area contributed by atoms with E-state index < -0.39 is 12.1 Å². The molecule has 0 N–H and O–H groups in total. The Balaban J connectivity index is 1.64. The van der Waals surface area contributed by atoms with Crippen molar-refractivity contribution in [3.05, 3.63) is 56.5 Å². The lowest BCUT2D eigenvalue weighted by Crippen LogP contribution is -2.26. The third-order valence-electron chi connectivity index (χ3n) is 3.65. The highest BCUT2D eigenvalue weighted by Crippen LogP contribution is 2.32. The summed E-state index contributed by atoms with van der Waals surface area (Å²) < 4.78 is 21.6. The highest BCUT2D eigenvalue weighted by molar-refractivity contribution is 6.35. The molecule has 2 aromatic rings. The average Bonchev–Trinajstić information content (AvgIpc) is 2.61. The van der Waals surface area contributed by atoms with E-state index in [1.165, 1.54) is 6.07 Å². The lowest BCUT2D eigenvalue weighted by molar-refractivity contribution is -0.152. The van der Waals surface area contributed by atoms with E-state index in [2.05, 4.69) is 0 Å². The van der Waals surface area contributed by atoms with Crippen molar-refractivity contribution in [2.45, 2.75) is 26.2 Å². The second-order valence-corrected chi connectivity index (χ2v) is 6.89. The number of halogens is 3. The zero-order chi connectivity index (χ0) is 18.7. The van der Waals surface area contributed by atoms with Crippen molar-refractivity contribution in [2.24, 2.45) is 0 Å². The van der Waals surface area contributed by atoms with Crippen molar-refractivity contribution in [2.75, 3.05) is 6.79 Å². The molecule has 5 nitrogen and oxygen atoms in total. The first kappa shape index (κ1) is 19.1. The molecule has 0 aromatic heterocycles. The van der Waals surface area contributed by atoms with Crippen LogP contribution in [0.2, 0.25) is 15.1 Å². The van der Waals surface area contributed by atoms with Crippen LogP contribution in [0, 0.1) is 0 Å². The average molecular weight is 418 g/mol. The summed E-state index contributed by atoms with van der Waals surface area (Å²) in [6.45, 7) is 2.12. The number of fused-ring (bicyclic) bond motifs is 1. The summed E-state index contributed by atoms with van der Waals surface area (Å²) in [5, 5.41) is 1.31. The number of carbonyl (C=O) groups excluding carboxylic acids is 1. The third kappa shape index (κ3) is 4.54. The van der Waals surface area contributed by atoms with E-state index in [1.807, 2.05) is 0 Å². The molecular formula is C18H15Cl3O5. The first-order chi connectivity index (χ1) is 12.4. The Morgan fingerprint density at radius 2 is 2.00 bits per heavy atom. The molecule has 1 aliphatic rings. The van der Waals surface area contributed by atoms with Crippen LogP contribution in [-0.4, -0.2) is 18.9 Å². The molecule has 0 aliphatic carbocycles. The SMILES string of the molecule is CC(Oc1ccc(Cl)cc1Cl)C(=O)OCc1cc(Cl)cc2c1OCOC2. The van der Waals surface area contributed by atoms with E-state index in [1.54, 1.807) is 31.2 Å². The van der Waals surface area contributed by atoms with Gasteiger partial charge in [0.25, 0.3) is 0 Å². The molecule has 26 heavy (non-hydrogen) atoms. The zero-order valence-corrected chi connectivity index (χ0v) is 16.0. The summed E-state index contributed by atoms with van der Waals surface area (Å²) in [5.74, 6) is 0.431. The van der Waals surface area contributed by atoms with Crippen LogP contribution in [0.25, 0.3) is 0 Å².